The number of carbonyl (C=O) groups excluding carboxylic acids is 1. The summed E-state index contributed by atoms with van der Waals surface area (Å²) >= 11 is 0. The third-order valence-corrected chi connectivity index (χ3v) is 3.60. The molecule has 0 spiro atoms. The molecule has 0 saturated heterocycles. The number of benzene rings is 2. The highest BCUT2D eigenvalue weighted by Crippen LogP contribution is 2.27. The van der Waals surface area contributed by atoms with Gasteiger partial charge in [0.1, 0.15) is 5.82 Å². The van der Waals surface area contributed by atoms with E-state index in [-0.39, 0.29) is 5.97 Å². The first kappa shape index (κ1) is 14.3. The van der Waals surface area contributed by atoms with Gasteiger partial charge in [-0.2, -0.15) is 0 Å². The van der Waals surface area contributed by atoms with Crippen molar-refractivity contribution in [1.29, 1.82) is 0 Å². The summed E-state index contributed by atoms with van der Waals surface area (Å²) < 4.78 is 5.06. The van der Waals surface area contributed by atoms with Crippen LogP contribution >= 0.6 is 0 Å². The van der Waals surface area contributed by atoms with Crippen molar-refractivity contribution in [2.24, 2.45) is 0 Å². The summed E-state index contributed by atoms with van der Waals surface area (Å²) in [7, 11) is 0. The van der Waals surface area contributed by atoms with Gasteiger partial charge in [0.05, 0.1) is 23.2 Å². The van der Waals surface area contributed by atoms with E-state index in [1.807, 2.05) is 32.0 Å². The van der Waals surface area contributed by atoms with Crippen LogP contribution in [-0.2, 0) is 4.74 Å². The molecule has 22 heavy (non-hydrogen) atoms. The van der Waals surface area contributed by atoms with Gasteiger partial charge in [-0.15, -0.1) is 0 Å². The summed E-state index contributed by atoms with van der Waals surface area (Å²) in [5.74, 6) is 0.607. The second-order valence-electron chi connectivity index (χ2n) is 5.31. The summed E-state index contributed by atoms with van der Waals surface area (Å²) in [6, 6.07) is 11.7. The molecule has 0 atom stereocenters. The van der Waals surface area contributed by atoms with Crippen molar-refractivity contribution in [1.82, 2.24) is 9.97 Å². The van der Waals surface area contributed by atoms with Crippen molar-refractivity contribution >= 4 is 17.0 Å². The molecular formula is C18H18N2O2. The van der Waals surface area contributed by atoms with Gasteiger partial charge in [0.15, 0.2) is 0 Å². The molecule has 0 unspecified atom stereocenters. The zero-order valence-electron chi connectivity index (χ0n) is 12.9. The molecule has 1 aromatic heterocycles. The summed E-state index contributed by atoms with van der Waals surface area (Å²) in [5.41, 5.74) is 5.72. The normalized spacial score (nSPS) is 10.9. The summed E-state index contributed by atoms with van der Waals surface area (Å²) in [4.78, 5) is 19.6. The predicted molar refractivity (Wildman–Crippen MR) is 87.0 cm³/mol. The molecule has 1 N–H and O–H groups in total. The van der Waals surface area contributed by atoms with Gasteiger partial charge in [-0.1, -0.05) is 12.1 Å². The summed E-state index contributed by atoms with van der Waals surface area (Å²) in [6.07, 6.45) is 0. The van der Waals surface area contributed by atoms with Crippen LogP contribution in [0.1, 0.15) is 28.7 Å². The average Bonchev–Trinajstić information content (AvgIpc) is 2.88. The first-order chi connectivity index (χ1) is 10.6. The fourth-order valence-corrected chi connectivity index (χ4v) is 2.62. The molecule has 0 fully saturated rings. The summed E-state index contributed by atoms with van der Waals surface area (Å²) in [6.45, 7) is 6.17. The van der Waals surface area contributed by atoms with E-state index in [2.05, 4.69) is 22.1 Å². The lowest BCUT2D eigenvalue weighted by molar-refractivity contribution is 0.0526. The minimum Gasteiger partial charge on any atom is -0.462 e. The van der Waals surface area contributed by atoms with Crippen molar-refractivity contribution in [3.63, 3.8) is 0 Å². The van der Waals surface area contributed by atoms with Crippen LogP contribution in [0.15, 0.2) is 36.4 Å². The quantitative estimate of drug-likeness (QED) is 0.742. The van der Waals surface area contributed by atoms with Crippen LogP contribution in [0.5, 0.6) is 0 Å². The molecule has 0 amide bonds. The standard InChI is InChI=1S/C18H18N2O2/c1-4-22-18(21)14-7-5-6-13(9-14)15-8-11(2)17-16(10-15)19-12(3)20-17/h5-10H,4H2,1-3H3,(H,19,20). The Balaban J connectivity index is 2.07. The van der Waals surface area contributed by atoms with Gasteiger partial charge in [0.2, 0.25) is 0 Å². The molecule has 112 valence electrons. The SMILES string of the molecule is CCOC(=O)c1cccc(-c2cc(C)c3nc(C)[nH]c3c2)c1. The van der Waals surface area contributed by atoms with Gasteiger partial charge in [-0.25, -0.2) is 9.78 Å². The van der Waals surface area contributed by atoms with Crippen LogP contribution in [0.2, 0.25) is 0 Å². The number of imidazole rings is 1. The van der Waals surface area contributed by atoms with Gasteiger partial charge in [0, 0.05) is 0 Å². The number of esters is 1. The second-order valence-corrected chi connectivity index (χ2v) is 5.31. The van der Waals surface area contributed by atoms with E-state index >= 15 is 0 Å². The molecule has 0 aliphatic carbocycles. The molecule has 3 rings (SSSR count). The van der Waals surface area contributed by atoms with Crippen molar-refractivity contribution in [3.8, 4) is 11.1 Å². The zero-order valence-corrected chi connectivity index (χ0v) is 12.9. The van der Waals surface area contributed by atoms with E-state index < -0.39 is 0 Å². The first-order valence-corrected chi connectivity index (χ1v) is 7.33. The zero-order chi connectivity index (χ0) is 15.7. The number of ether oxygens (including phenoxy) is 1. The van der Waals surface area contributed by atoms with E-state index in [1.54, 1.807) is 13.0 Å². The molecule has 3 aromatic rings. The van der Waals surface area contributed by atoms with E-state index in [4.69, 9.17) is 4.74 Å². The maximum atomic E-state index is 11.9. The molecule has 2 aromatic carbocycles. The van der Waals surface area contributed by atoms with Crippen molar-refractivity contribution in [2.45, 2.75) is 20.8 Å². The number of nitrogens with one attached hydrogen (secondary N) is 1. The van der Waals surface area contributed by atoms with Gasteiger partial charge in [-0.05, 0) is 61.7 Å². The molecule has 0 aliphatic heterocycles. The lowest BCUT2D eigenvalue weighted by Gasteiger charge is -2.07. The second kappa shape index (κ2) is 5.64. The predicted octanol–water partition coefficient (Wildman–Crippen LogP) is 4.02. The lowest BCUT2D eigenvalue weighted by Crippen LogP contribution is -2.04. The van der Waals surface area contributed by atoms with Crippen molar-refractivity contribution < 1.29 is 9.53 Å². The van der Waals surface area contributed by atoms with E-state index in [0.29, 0.717) is 12.2 Å². The third kappa shape index (κ3) is 2.60. The fourth-order valence-electron chi connectivity index (χ4n) is 2.62. The highest BCUT2D eigenvalue weighted by molar-refractivity contribution is 5.92. The van der Waals surface area contributed by atoms with Crippen molar-refractivity contribution in [3.05, 3.63) is 53.3 Å². The van der Waals surface area contributed by atoms with Crippen LogP contribution in [0, 0.1) is 13.8 Å². The largest absolute Gasteiger partial charge is 0.462 e. The molecule has 0 bridgehead atoms. The van der Waals surface area contributed by atoms with Crippen LogP contribution in [0.3, 0.4) is 0 Å². The molecule has 4 nitrogen and oxygen atoms in total. The molecule has 1 heterocycles. The summed E-state index contributed by atoms with van der Waals surface area (Å²) in [5, 5.41) is 0. The van der Waals surface area contributed by atoms with Crippen molar-refractivity contribution in [2.75, 3.05) is 6.61 Å². The minimum absolute atomic E-state index is 0.292. The lowest BCUT2D eigenvalue weighted by atomic mass is 10.0. The van der Waals surface area contributed by atoms with Crippen LogP contribution in [0.25, 0.3) is 22.2 Å². The number of aryl methyl sites for hydroxylation is 2. The Hall–Kier alpha value is -2.62. The van der Waals surface area contributed by atoms with Crippen LogP contribution in [0.4, 0.5) is 0 Å². The Morgan fingerprint density at radius 2 is 2.00 bits per heavy atom. The number of carbonyl (C=O) groups is 1. The Bertz CT molecular complexity index is 849. The Kier molecular flexibility index (Phi) is 3.67. The minimum atomic E-state index is -0.292. The number of rotatable bonds is 3. The van der Waals surface area contributed by atoms with Gasteiger partial charge in [0.25, 0.3) is 0 Å². The van der Waals surface area contributed by atoms with E-state index in [9.17, 15) is 4.79 Å². The Morgan fingerprint density at radius 1 is 1.18 bits per heavy atom. The fraction of sp³-hybridized carbons (Fsp3) is 0.222. The molecular weight excluding hydrogens is 276 g/mol. The van der Waals surface area contributed by atoms with E-state index in [0.717, 1.165) is 33.5 Å². The number of hydrogen-bond acceptors (Lipinski definition) is 3. The van der Waals surface area contributed by atoms with Gasteiger partial charge in [-0.3, -0.25) is 0 Å². The average molecular weight is 294 g/mol. The smallest absolute Gasteiger partial charge is 0.338 e. The number of aromatic nitrogens is 2. The monoisotopic (exact) mass is 294 g/mol. The number of nitrogens with zero attached hydrogens (tertiary/aromatic N) is 1. The van der Waals surface area contributed by atoms with Gasteiger partial charge >= 0.3 is 5.97 Å². The Labute approximate surface area is 129 Å². The maximum absolute atomic E-state index is 11.9. The number of fused-ring (bicyclic) bond motifs is 1. The highest BCUT2D eigenvalue weighted by atomic mass is 16.5. The number of H-pyrrole nitrogens is 1. The number of aromatic amines is 1. The molecule has 0 radical (unpaired) electrons. The molecule has 0 saturated carbocycles. The third-order valence-electron chi connectivity index (χ3n) is 3.60. The first-order valence-electron chi connectivity index (χ1n) is 7.33. The van der Waals surface area contributed by atoms with Gasteiger partial charge < -0.3 is 9.72 Å². The molecule has 4 heteroatoms. The van der Waals surface area contributed by atoms with Crippen LogP contribution in [-0.4, -0.2) is 22.5 Å². The van der Waals surface area contributed by atoms with E-state index in [1.165, 1.54) is 0 Å². The topological polar surface area (TPSA) is 55.0 Å². The number of hydrogen-bond donors (Lipinski definition) is 1. The van der Waals surface area contributed by atoms with Crippen LogP contribution < -0.4 is 0 Å². The Morgan fingerprint density at radius 3 is 2.77 bits per heavy atom. The maximum Gasteiger partial charge on any atom is 0.338 e. The molecule has 0 aliphatic rings. The highest BCUT2D eigenvalue weighted by Gasteiger charge is 2.10.